The second-order valence-corrected chi connectivity index (χ2v) is 5.69. The van der Waals surface area contributed by atoms with Gasteiger partial charge in [-0.15, -0.1) is 0 Å². The molecule has 0 aliphatic heterocycles. The van der Waals surface area contributed by atoms with Crippen molar-refractivity contribution in [3.8, 4) is 6.07 Å². The number of aryl methyl sites for hydroxylation is 1. The van der Waals surface area contributed by atoms with E-state index >= 15 is 0 Å². The molecule has 0 saturated heterocycles. The third-order valence-electron chi connectivity index (χ3n) is 2.61. The molecule has 0 aromatic heterocycles. The topological polar surface area (TPSA) is 107 Å². The van der Waals surface area contributed by atoms with Crippen molar-refractivity contribution in [3.63, 3.8) is 0 Å². The summed E-state index contributed by atoms with van der Waals surface area (Å²) in [5.74, 6) is -1.24. The zero-order valence-corrected chi connectivity index (χ0v) is 11.4. The lowest BCUT2D eigenvalue weighted by atomic mass is 10.2. The Hall–Kier alpha value is -1.91. The molecule has 1 aromatic rings. The largest absolute Gasteiger partial charge is 0.480 e. The van der Waals surface area contributed by atoms with Crippen LogP contribution in [0.5, 0.6) is 0 Å². The maximum Gasteiger partial charge on any atom is 0.321 e. The van der Waals surface area contributed by atoms with Crippen LogP contribution in [0.2, 0.25) is 0 Å². The summed E-state index contributed by atoms with van der Waals surface area (Å²) in [6.07, 6.45) is 0.131. The summed E-state index contributed by atoms with van der Waals surface area (Å²) >= 11 is 0. The molecule has 0 aliphatic rings. The van der Waals surface area contributed by atoms with Crippen LogP contribution in [0.3, 0.4) is 0 Å². The number of carboxylic acid groups (broad SMARTS) is 1. The summed E-state index contributed by atoms with van der Waals surface area (Å²) in [5, 5.41) is 17.6. The molecule has 0 radical (unpaired) electrons. The molecule has 0 fully saturated rings. The van der Waals surface area contributed by atoms with E-state index in [4.69, 9.17) is 10.4 Å². The van der Waals surface area contributed by atoms with Gasteiger partial charge < -0.3 is 5.11 Å². The Kier molecular flexibility index (Phi) is 4.64. The van der Waals surface area contributed by atoms with Gasteiger partial charge in [-0.1, -0.05) is 13.0 Å². The molecular weight excluding hydrogens is 268 g/mol. The van der Waals surface area contributed by atoms with Crippen LogP contribution in [0.25, 0.3) is 0 Å². The van der Waals surface area contributed by atoms with Crippen molar-refractivity contribution in [1.82, 2.24) is 4.72 Å². The molecular formula is C12H14N2O4S. The number of sulfonamides is 1. The van der Waals surface area contributed by atoms with Crippen molar-refractivity contribution in [2.24, 2.45) is 0 Å². The lowest BCUT2D eigenvalue weighted by Gasteiger charge is -2.14. The molecule has 19 heavy (non-hydrogen) atoms. The minimum absolute atomic E-state index is 0.0775. The van der Waals surface area contributed by atoms with Gasteiger partial charge in [0, 0.05) is 0 Å². The fraction of sp³-hybridized carbons (Fsp3) is 0.333. The Balaban J connectivity index is 3.21. The first-order valence-corrected chi connectivity index (χ1v) is 7.06. The van der Waals surface area contributed by atoms with Gasteiger partial charge >= 0.3 is 5.97 Å². The van der Waals surface area contributed by atoms with E-state index in [9.17, 15) is 13.2 Å². The predicted octanol–water partition coefficient (Wildman–Crippen LogP) is 1.01. The maximum absolute atomic E-state index is 12.1. The highest BCUT2D eigenvalue weighted by Crippen LogP contribution is 2.17. The van der Waals surface area contributed by atoms with Gasteiger partial charge in [-0.2, -0.15) is 9.98 Å². The van der Waals surface area contributed by atoms with Crippen LogP contribution in [0.4, 0.5) is 0 Å². The summed E-state index contributed by atoms with van der Waals surface area (Å²) in [7, 11) is -3.96. The molecule has 7 heteroatoms. The van der Waals surface area contributed by atoms with Gasteiger partial charge in [0.25, 0.3) is 0 Å². The quantitative estimate of drug-likeness (QED) is 0.838. The summed E-state index contributed by atoms with van der Waals surface area (Å²) < 4.78 is 26.3. The number of aliphatic carboxylic acids is 1. The van der Waals surface area contributed by atoms with E-state index in [0.717, 1.165) is 0 Å². The molecule has 0 amide bonds. The zero-order valence-electron chi connectivity index (χ0n) is 10.5. The van der Waals surface area contributed by atoms with Gasteiger partial charge in [-0.05, 0) is 31.0 Å². The van der Waals surface area contributed by atoms with E-state index in [0.29, 0.717) is 5.56 Å². The third-order valence-corrected chi connectivity index (χ3v) is 4.22. The molecule has 0 bridgehead atoms. The highest BCUT2D eigenvalue weighted by atomic mass is 32.2. The molecule has 1 aromatic carbocycles. The van der Waals surface area contributed by atoms with Gasteiger partial charge in [-0.3, -0.25) is 4.79 Å². The average molecular weight is 282 g/mol. The van der Waals surface area contributed by atoms with Crippen molar-refractivity contribution >= 4 is 16.0 Å². The molecule has 2 N–H and O–H groups in total. The lowest BCUT2D eigenvalue weighted by Crippen LogP contribution is -2.40. The fourth-order valence-electron chi connectivity index (χ4n) is 1.52. The molecule has 1 unspecified atom stereocenters. The highest BCUT2D eigenvalue weighted by molar-refractivity contribution is 7.89. The predicted molar refractivity (Wildman–Crippen MR) is 67.9 cm³/mol. The normalized spacial score (nSPS) is 12.7. The van der Waals surface area contributed by atoms with Gasteiger partial charge in [-0.25, -0.2) is 8.42 Å². The number of nitriles is 1. The van der Waals surface area contributed by atoms with Gasteiger partial charge in [0.05, 0.1) is 16.5 Å². The van der Waals surface area contributed by atoms with Crippen LogP contribution in [0, 0.1) is 18.3 Å². The maximum atomic E-state index is 12.1. The second kappa shape index (κ2) is 5.82. The molecule has 0 aliphatic carbocycles. The van der Waals surface area contributed by atoms with E-state index in [-0.39, 0.29) is 16.9 Å². The number of carbonyl (C=O) groups is 1. The number of hydrogen-bond donors (Lipinski definition) is 2. The highest BCUT2D eigenvalue weighted by Gasteiger charge is 2.25. The number of nitrogens with one attached hydrogen (secondary N) is 1. The van der Waals surface area contributed by atoms with Crippen molar-refractivity contribution in [1.29, 1.82) is 5.26 Å². The summed E-state index contributed by atoms with van der Waals surface area (Å²) in [6, 6.07) is 4.90. The monoisotopic (exact) mass is 282 g/mol. The lowest BCUT2D eigenvalue weighted by molar-refractivity contribution is -0.139. The Morgan fingerprint density at radius 2 is 2.16 bits per heavy atom. The zero-order chi connectivity index (χ0) is 14.6. The Bertz CT molecular complexity index is 632. The van der Waals surface area contributed by atoms with E-state index in [1.54, 1.807) is 13.8 Å². The van der Waals surface area contributed by atoms with Gasteiger partial charge in [0.2, 0.25) is 10.0 Å². The van der Waals surface area contributed by atoms with Crippen LogP contribution in [0.1, 0.15) is 24.5 Å². The van der Waals surface area contributed by atoms with Crippen LogP contribution in [-0.4, -0.2) is 25.5 Å². The summed E-state index contributed by atoms with van der Waals surface area (Å²) in [5.41, 5.74) is 0.654. The first-order chi connectivity index (χ1) is 8.81. The molecule has 1 atom stereocenters. The SMILES string of the molecule is CCC(NS(=O)(=O)c1cc(C#N)ccc1C)C(=O)O. The molecule has 0 heterocycles. The van der Waals surface area contributed by atoms with E-state index < -0.39 is 22.0 Å². The number of nitrogens with zero attached hydrogens (tertiary/aromatic N) is 1. The van der Waals surface area contributed by atoms with Crippen LogP contribution in [0.15, 0.2) is 23.1 Å². The second-order valence-electron chi connectivity index (χ2n) is 4.01. The average Bonchev–Trinajstić information content (AvgIpc) is 2.36. The third kappa shape index (κ3) is 3.53. The Morgan fingerprint density at radius 1 is 1.53 bits per heavy atom. The minimum atomic E-state index is -3.96. The Morgan fingerprint density at radius 3 is 2.63 bits per heavy atom. The smallest absolute Gasteiger partial charge is 0.321 e. The molecule has 0 spiro atoms. The van der Waals surface area contributed by atoms with Crippen molar-refractivity contribution in [3.05, 3.63) is 29.3 Å². The number of carboxylic acids is 1. The van der Waals surface area contributed by atoms with Crippen molar-refractivity contribution in [2.75, 3.05) is 0 Å². The summed E-state index contributed by atoms with van der Waals surface area (Å²) in [6.45, 7) is 3.15. The first-order valence-electron chi connectivity index (χ1n) is 5.57. The van der Waals surface area contributed by atoms with E-state index in [2.05, 4.69) is 4.72 Å². The fourth-order valence-corrected chi connectivity index (χ4v) is 3.06. The molecule has 102 valence electrons. The molecule has 1 rings (SSSR count). The van der Waals surface area contributed by atoms with Crippen LogP contribution in [-0.2, 0) is 14.8 Å². The standard InChI is InChI=1S/C12H14N2O4S/c1-3-10(12(15)16)14-19(17,18)11-6-9(7-13)5-4-8(11)2/h4-6,10,14H,3H2,1-2H3,(H,15,16). The van der Waals surface area contributed by atoms with Crippen molar-refractivity contribution < 1.29 is 18.3 Å². The van der Waals surface area contributed by atoms with Crippen LogP contribution >= 0.6 is 0 Å². The Labute approximate surface area is 111 Å². The van der Waals surface area contributed by atoms with Gasteiger partial charge in [0.15, 0.2) is 0 Å². The number of hydrogen-bond acceptors (Lipinski definition) is 4. The minimum Gasteiger partial charge on any atom is -0.480 e. The molecule has 6 nitrogen and oxygen atoms in total. The van der Waals surface area contributed by atoms with Crippen molar-refractivity contribution in [2.45, 2.75) is 31.2 Å². The van der Waals surface area contributed by atoms with E-state index in [1.807, 2.05) is 6.07 Å². The first kappa shape index (κ1) is 15.1. The van der Waals surface area contributed by atoms with Crippen LogP contribution < -0.4 is 4.72 Å². The number of rotatable bonds is 5. The van der Waals surface area contributed by atoms with Gasteiger partial charge in [0.1, 0.15) is 6.04 Å². The number of benzene rings is 1. The summed E-state index contributed by atoms with van der Waals surface area (Å²) in [4.78, 5) is 10.8. The van der Waals surface area contributed by atoms with E-state index in [1.165, 1.54) is 18.2 Å². The molecule has 0 saturated carbocycles.